The molecule has 1 atom stereocenters. The fraction of sp³-hybridized carbons (Fsp3) is 0.600. The molecule has 1 unspecified atom stereocenters. The third-order valence-electron chi connectivity index (χ3n) is 1.77. The molecule has 0 aliphatic heterocycles. The minimum atomic E-state index is -0.484. The van der Waals surface area contributed by atoms with E-state index in [-0.39, 0.29) is 55.1 Å². The average Bonchev–Trinajstić information content (AvgIpc) is 2.40. The van der Waals surface area contributed by atoms with Crippen molar-refractivity contribution in [3.63, 3.8) is 0 Å². The largest absolute Gasteiger partial charge is 2.00 e. The van der Waals surface area contributed by atoms with E-state index in [1.54, 1.807) is 6.92 Å². The standard InChI is InChI=1S/C9H11O.2C3H7O.Li.Mg/c1-8(10)7-9-5-3-2-4-6-9;2*1-2-3-4;;/h2-6,8H,7H2,1H3;2*2-3H2,1H3;;/q3*-1;+1;+2. The molecule has 20 heavy (non-hydrogen) atoms. The van der Waals surface area contributed by atoms with Gasteiger partial charge in [-0.1, -0.05) is 63.9 Å². The summed E-state index contributed by atoms with van der Waals surface area (Å²) in [5.41, 5.74) is 1.13. The van der Waals surface area contributed by atoms with Gasteiger partial charge in [0.15, 0.2) is 0 Å². The van der Waals surface area contributed by atoms with Gasteiger partial charge in [-0.25, -0.2) is 0 Å². The topological polar surface area (TPSA) is 69.2 Å². The van der Waals surface area contributed by atoms with Crippen molar-refractivity contribution in [1.82, 2.24) is 0 Å². The first-order valence-corrected chi connectivity index (χ1v) is 6.48. The summed E-state index contributed by atoms with van der Waals surface area (Å²) in [6, 6.07) is 9.83. The molecule has 1 aromatic carbocycles. The van der Waals surface area contributed by atoms with Gasteiger partial charge in [-0.15, -0.1) is 19.3 Å². The molecule has 5 heteroatoms. The molecule has 0 spiro atoms. The summed E-state index contributed by atoms with van der Waals surface area (Å²) in [6.45, 7) is 5.56. The van der Waals surface area contributed by atoms with Gasteiger partial charge in [-0.2, -0.15) is 0 Å². The minimum absolute atomic E-state index is 0. The summed E-state index contributed by atoms with van der Waals surface area (Å²) < 4.78 is 0. The molecule has 0 amide bonds. The van der Waals surface area contributed by atoms with Crippen molar-refractivity contribution in [2.75, 3.05) is 13.2 Å². The van der Waals surface area contributed by atoms with Gasteiger partial charge in [0.2, 0.25) is 0 Å². The van der Waals surface area contributed by atoms with Crippen LogP contribution in [0.2, 0.25) is 0 Å². The van der Waals surface area contributed by atoms with Crippen LogP contribution in [0, 0.1) is 0 Å². The third-order valence-corrected chi connectivity index (χ3v) is 1.77. The Labute approximate surface area is 152 Å². The second kappa shape index (κ2) is 24.5. The van der Waals surface area contributed by atoms with Crippen LogP contribution < -0.4 is 34.2 Å². The van der Waals surface area contributed by atoms with Crippen molar-refractivity contribution in [3.8, 4) is 0 Å². The molecule has 0 N–H and O–H groups in total. The van der Waals surface area contributed by atoms with Gasteiger partial charge < -0.3 is 15.3 Å². The van der Waals surface area contributed by atoms with E-state index in [0.29, 0.717) is 6.42 Å². The molecule has 0 aromatic heterocycles. The second-order valence-corrected chi connectivity index (χ2v) is 3.91. The molecule has 1 aromatic rings. The summed E-state index contributed by atoms with van der Waals surface area (Å²) in [6.07, 6.45) is 1.68. The predicted octanol–water partition coefficient (Wildman–Crippen LogP) is -2.89. The molecule has 106 valence electrons. The Bertz CT molecular complexity index is 238. The van der Waals surface area contributed by atoms with Crippen LogP contribution in [-0.2, 0) is 6.42 Å². The summed E-state index contributed by atoms with van der Waals surface area (Å²) in [7, 11) is 0. The Morgan fingerprint density at radius 3 is 1.55 bits per heavy atom. The molecule has 0 bridgehead atoms. The van der Waals surface area contributed by atoms with Crippen molar-refractivity contribution in [2.24, 2.45) is 0 Å². The van der Waals surface area contributed by atoms with Crippen LogP contribution in [-0.4, -0.2) is 42.4 Å². The summed E-state index contributed by atoms with van der Waals surface area (Å²) >= 11 is 0. The first kappa shape index (κ1) is 28.6. The zero-order chi connectivity index (χ0) is 14.2. The monoisotopic (exact) mass is 284 g/mol. The van der Waals surface area contributed by atoms with E-state index >= 15 is 0 Å². The van der Waals surface area contributed by atoms with Gasteiger partial charge in [0, 0.05) is 0 Å². The first-order chi connectivity index (χ1) is 8.62. The van der Waals surface area contributed by atoms with E-state index in [1.165, 1.54) is 0 Å². The van der Waals surface area contributed by atoms with Gasteiger partial charge in [0.1, 0.15) is 0 Å². The number of benzene rings is 1. The van der Waals surface area contributed by atoms with Crippen LogP contribution in [0.4, 0.5) is 0 Å². The van der Waals surface area contributed by atoms with Crippen molar-refractivity contribution < 1.29 is 34.2 Å². The number of hydrogen-bond acceptors (Lipinski definition) is 3. The van der Waals surface area contributed by atoms with Crippen LogP contribution in [0.3, 0.4) is 0 Å². The summed E-state index contributed by atoms with van der Waals surface area (Å²) in [4.78, 5) is 0. The molecule has 0 saturated heterocycles. The van der Waals surface area contributed by atoms with Crippen LogP contribution in [0.25, 0.3) is 0 Å². The maximum atomic E-state index is 10.7. The smallest absolute Gasteiger partial charge is 0.854 e. The van der Waals surface area contributed by atoms with Gasteiger partial charge in [0.25, 0.3) is 0 Å². The SMILES string of the molecule is CC([O-])Cc1ccccc1.CCC[O-].CCC[O-].[Li+].[Mg+2]. The van der Waals surface area contributed by atoms with Crippen LogP contribution in [0.1, 0.15) is 39.2 Å². The molecule has 3 nitrogen and oxygen atoms in total. The van der Waals surface area contributed by atoms with E-state index in [0.717, 1.165) is 18.4 Å². The van der Waals surface area contributed by atoms with Crippen molar-refractivity contribution in [1.29, 1.82) is 0 Å². The van der Waals surface area contributed by atoms with Crippen LogP contribution in [0.15, 0.2) is 30.3 Å². The maximum absolute atomic E-state index is 10.7. The predicted molar refractivity (Wildman–Crippen MR) is 75.7 cm³/mol. The first-order valence-electron chi connectivity index (χ1n) is 6.48. The Morgan fingerprint density at radius 2 is 1.30 bits per heavy atom. The Morgan fingerprint density at radius 1 is 0.950 bits per heavy atom. The summed E-state index contributed by atoms with van der Waals surface area (Å²) in [5.74, 6) is 0. The molecular formula is C15H25LiMgO3. The number of hydrogen-bond donors (Lipinski definition) is 0. The molecule has 0 aliphatic rings. The van der Waals surface area contributed by atoms with E-state index < -0.39 is 6.10 Å². The van der Waals surface area contributed by atoms with Crippen molar-refractivity contribution in [2.45, 2.75) is 46.1 Å². The zero-order valence-electron chi connectivity index (χ0n) is 13.4. The van der Waals surface area contributed by atoms with E-state index in [2.05, 4.69) is 0 Å². The molecule has 0 fully saturated rings. The Balaban J connectivity index is -0.000000110. The van der Waals surface area contributed by atoms with E-state index in [1.807, 2.05) is 44.2 Å². The molecule has 0 aliphatic carbocycles. The number of rotatable bonds is 4. The van der Waals surface area contributed by atoms with Gasteiger partial charge >= 0.3 is 41.9 Å². The quantitative estimate of drug-likeness (QED) is 0.558. The van der Waals surface area contributed by atoms with E-state index in [9.17, 15) is 15.3 Å². The summed E-state index contributed by atoms with van der Waals surface area (Å²) in [5, 5.41) is 29.3. The Kier molecular flexibility index (Phi) is 35.0. The zero-order valence-corrected chi connectivity index (χ0v) is 14.8. The molecule has 0 radical (unpaired) electrons. The fourth-order valence-electron chi connectivity index (χ4n) is 0.946. The van der Waals surface area contributed by atoms with Gasteiger partial charge in [0.05, 0.1) is 0 Å². The second-order valence-electron chi connectivity index (χ2n) is 3.91. The minimum Gasteiger partial charge on any atom is -0.854 e. The molecular weight excluding hydrogens is 259 g/mol. The van der Waals surface area contributed by atoms with Crippen molar-refractivity contribution >= 4 is 23.1 Å². The van der Waals surface area contributed by atoms with Crippen LogP contribution >= 0.6 is 0 Å². The normalized spacial score (nSPS) is 9.50. The maximum Gasteiger partial charge on any atom is 2.00 e. The fourth-order valence-corrected chi connectivity index (χ4v) is 0.946. The van der Waals surface area contributed by atoms with Crippen molar-refractivity contribution in [3.05, 3.63) is 35.9 Å². The molecule has 0 heterocycles. The average molecular weight is 285 g/mol. The van der Waals surface area contributed by atoms with Gasteiger partial charge in [-0.3, -0.25) is 0 Å². The van der Waals surface area contributed by atoms with E-state index in [4.69, 9.17) is 0 Å². The molecule has 0 saturated carbocycles. The van der Waals surface area contributed by atoms with Crippen LogP contribution in [0.5, 0.6) is 0 Å². The van der Waals surface area contributed by atoms with Gasteiger partial charge in [-0.05, 0) is 12.0 Å². The molecule has 1 rings (SSSR count). The Hall–Kier alpha value is 0.464. The third kappa shape index (κ3) is 26.9.